The van der Waals surface area contributed by atoms with Gasteiger partial charge in [-0.3, -0.25) is 4.79 Å². The van der Waals surface area contributed by atoms with Crippen molar-refractivity contribution in [3.8, 4) is 0 Å². The molecule has 2 fully saturated rings. The van der Waals surface area contributed by atoms with Crippen LogP contribution in [0.5, 0.6) is 0 Å². The zero-order valence-corrected chi connectivity index (χ0v) is 11.3. The molecule has 3 nitrogen and oxygen atoms in total. The van der Waals surface area contributed by atoms with Crippen LogP contribution in [-0.4, -0.2) is 42.2 Å². The van der Waals surface area contributed by atoms with Gasteiger partial charge in [-0.15, -0.1) is 0 Å². The molecule has 0 unspecified atom stereocenters. The third-order valence-electron chi connectivity index (χ3n) is 3.28. The Morgan fingerprint density at radius 1 is 1.41 bits per heavy atom. The summed E-state index contributed by atoms with van der Waals surface area (Å²) in [6.45, 7) is 5.72. The van der Waals surface area contributed by atoms with Gasteiger partial charge in [-0.2, -0.15) is 8.78 Å². The first-order valence-corrected chi connectivity index (χ1v) is 9.28. The first kappa shape index (κ1) is 12.7. The molecule has 0 aromatic carbocycles. The summed E-state index contributed by atoms with van der Waals surface area (Å²) in [5, 5.41) is 10.0. The number of amides is 1. The molecular weight excluding hydrogens is 244 g/mol. The third kappa shape index (κ3) is 1.74. The van der Waals surface area contributed by atoms with E-state index in [4.69, 9.17) is 0 Å². The topological polar surface area (TPSA) is 40.5 Å². The SMILES string of the molecule is C[Si](C)(C)C=C1CN2C(=O)CC[C@]2(O)C1(F)F. The average Bonchev–Trinajstić information content (AvgIpc) is 2.52. The largest absolute Gasteiger partial charge is 0.365 e. The number of aliphatic hydroxyl groups is 1. The molecule has 0 spiro atoms. The van der Waals surface area contributed by atoms with E-state index in [1.54, 1.807) is 5.70 Å². The first-order valence-electron chi connectivity index (χ1n) is 5.71. The first-order chi connectivity index (χ1) is 7.58. The highest BCUT2D eigenvalue weighted by atomic mass is 28.3. The predicted molar refractivity (Wildman–Crippen MR) is 62.3 cm³/mol. The van der Waals surface area contributed by atoms with Crippen molar-refractivity contribution < 1.29 is 18.7 Å². The molecule has 1 amide bonds. The molecule has 0 saturated carbocycles. The van der Waals surface area contributed by atoms with E-state index >= 15 is 0 Å². The normalized spacial score (nSPS) is 34.6. The molecule has 2 rings (SSSR count). The molecule has 0 aromatic rings. The van der Waals surface area contributed by atoms with Crippen LogP contribution >= 0.6 is 0 Å². The van der Waals surface area contributed by atoms with Crippen LogP contribution in [0.4, 0.5) is 8.78 Å². The Balaban J connectivity index is 2.43. The summed E-state index contributed by atoms with van der Waals surface area (Å²) in [5.41, 5.74) is -0.779. The lowest BCUT2D eigenvalue weighted by molar-refractivity contribution is -0.194. The second-order valence-electron chi connectivity index (χ2n) is 5.91. The lowest BCUT2D eigenvalue weighted by Gasteiger charge is -2.30. The summed E-state index contributed by atoms with van der Waals surface area (Å²) in [6.07, 6.45) is -0.172. The zero-order chi connectivity index (χ0) is 13.1. The molecule has 1 N–H and O–H groups in total. The van der Waals surface area contributed by atoms with Gasteiger partial charge in [0.1, 0.15) is 0 Å². The number of hydrogen-bond acceptors (Lipinski definition) is 2. The van der Waals surface area contributed by atoms with Gasteiger partial charge in [-0.05, 0) is 0 Å². The third-order valence-corrected chi connectivity index (χ3v) is 4.49. The Hall–Kier alpha value is -0.753. The standard InChI is InChI=1S/C11H17F2NO2Si/c1-17(2,3)7-8-6-14-9(15)4-5-10(14,16)11(8,12)13/h7,16H,4-6H2,1-3H3/t10-/m0/s1. The molecule has 2 heterocycles. The highest BCUT2D eigenvalue weighted by Gasteiger charge is 2.67. The fourth-order valence-electron chi connectivity index (χ4n) is 2.49. The fourth-order valence-corrected chi connectivity index (χ4v) is 3.81. The molecule has 0 aromatic heterocycles. The van der Waals surface area contributed by atoms with E-state index in [1.165, 1.54) is 0 Å². The average molecular weight is 261 g/mol. The second-order valence-corrected chi connectivity index (χ2v) is 10.9. The van der Waals surface area contributed by atoms with Gasteiger partial charge < -0.3 is 10.0 Å². The summed E-state index contributed by atoms with van der Waals surface area (Å²) < 4.78 is 28.3. The summed E-state index contributed by atoms with van der Waals surface area (Å²) in [6, 6.07) is 0. The number of nitrogens with zero attached hydrogens (tertiary/aromatic N) is 1. The number of carbonyl (C=O) groups is 1. The van der Waals surface area contributed by atoms with Crippen molar-refractivity contribution in [2.75, 3.05) is 6.54 Å². The minimum absolute atomic E-state index is 0.00627. The van der Waals surface area contributed by atoms with E-state index < -0.39 is 19.7 Å². The number of rotatable bonds is 1. The van der Waals surface area contributed by atoms with E-state index in [0.717, 1.165) is 4.90 Å². The molecule has 6 heteroatoms. The molecule has 96 valence electrons. The lowest BCUT2D eigenvalue weighted by Crippen LogP contribution is -2.51. The van der Waals surface area contributed by atoms with E-state index in [0.29, 0.717) is 0 Å². The summed E-state index contributed by atoms with van der Waals surface area (Å²) in [5.74, 6) is -3.69. The molecule has 0 bridgehead atoms. The molecular formula is C11H17F2NO2Si. The minimum atomic E-state index is -3.31. The van der Waals surface area contributed by atoms with Gasteiger partial charge in [0.2, 0.25) is 11.6 Å². The van der Waals surface area contributed by atoms with Crippen molar-refractivity contribution >= 4 is 14.0 Å². The lowest BCUT2D eigenvalue weighted by atomic mass is 10.0. The maximum atomic E-state index is 14.2. The van der Waals surface area contributed by atoms with Gasteiger partial charge in [0.15, 0.2) is 0 Å². The van der Waals surface area contributed by atoms with Crippen LogP contribution in [0.2, 0.25) is 19.6 Å². The minimum Gasteiger partial charge on any atom is -0.365 e. The van der Waals surface area contributed by atoms with Crippen molar-refractivity contribution in [2.24, 2.45) is 0 Å². The Morgan fingerprint density at radius 2 is 2.00 bits per heavy atom. The van der Waals surface area contributed by atoms with Gasteiger partial charge in [0.05, 0.1) is 14.6 Å². The van der Waals surface area contributed by atoms with Crippen LogP contribution in [0.1, 0.15) is 12.8 Å². The van der Waals surface area contributed by atoms with Gasteiger partial charge >= 0.3 is 5.92 Å². The molecule has 0 aliphatic carbocycles. The molecule has 2 aliphatic rings. The summed E-state index contributed by atoms with van der Waals surface area (Å²) in [4.78, 5) is 12.4. The number of hydrogen-bond donors (Lipinski definition) is 1. The molecule has 2 saturated heterocycles. The molecule has 2 aliphatic heterocycles. The monoisotopic (exact) mass is 261 g/mol. The fraction of sp³-hybridized carbons (Fsp3) is 0.727. The van der Waals surface area contributed by atoms with Crippen molar-refractivity contribution in [2.45, 2.75) is 44.1 Å². The number of fused-ring (bicyclic) bond motifs is 1. The van der Waals surface area contributed by atoms with Crippen LogP contribution in [0, 0.1) is 0 Å². The van der Waals surface area contributed by atoms with Gasteiger partial charge in [-0.25, -0.2) is 0 Å². The summed E-state index contributed by atoms with van der Waals surface area (Å²) >= 11 is 0. The van der Waals surface area contributed by atoms with Crippen molar-refractivity contribution in [1.29, 1.82) is 0 Å². The van der Waals surface area contributed by atoms with Crippen LogP contribution in [0.25, 0.3) is 0 Å². The van der Waals surface area contributed by atoms with Gasteiger partial charge in [0.25, 0.3) is 0 Å². The zero-order valence-electron chi connectivity index (χ0n) is 10.3. The Bertz CT molecular complexity index is 403. The summed E-state index contributed by atoms with van der Waals surface area (Å²) in [7, 11) is -1.80. The predicted octanol–water partition coefficient (Wildman–Crippen LogP) is 1.75. The van der Waals surface area contributed by atoms with E-state index in [2.05, 4.69) is 0 Å². The van der Waals surface area contributed by atoms with Gasteiger partial charge in [0, 0.05) is 18.4 Å². The number of alkyl halides is 2. The van der Waals surface area contributed by atoms with E-state index in [1.807, 2.05) is 19.6 Å². The number of carbonyl (C=O) groups excluding carboxylic acids is 1. The smallest absolute Gasteiger partial charge is 0.317 e. The quantitative estimate of drug-likeness (QED) is 0.731. The number of halogens is 2. The second kappa shape index (κ2) is 3.38. The van der Waals surface area contributed by atoms with Gasteiger partial charge in [-0.1, -0.05) is 25.3 Å². The molecule has 1 atom stereocenters. The van der Waals surface area contributed by atoms with E-state index in [-0.39, 0.29) is 30.9 Å². The molecule has 0 radical (unpaired) electrons. The molecule has 17 heavy (non-hydrogen) atoms. The highest BCUT2D eigenvalue weighted by molar-refractivity contribution is 6.81. The van der Waals surface area contributed by atoms with Crippen LogP contribution < -0.4 is 0 Å². The maximum Gasteiger partial charge on any atom is 0.317 e. The maximum absolute atomic E-state index is 14.2. The van der Waals surface area contributed by atoms with Crippen molar-refractivity contribution in [3.05, 3.63) is 11.3 Å². The van der Waals surface area contributed by atoms with Crippen molar-refractivity contribution in [1.82, 2.24) is 4.90 Å². The Morgan fingerprint density at radius 3 is 2.47 bits per heavy atom. The highest BCUT2D eigenvalue weighted by Crippen LogP contribution is 2.50. The van der Waals surface area contributed by atoms with E-state index in [9.17, 15) is 18.7 Å². The van der Waals surface area contributed by atoms with Crippen LogP contribution in [0.15, 0.2) is 11.3 Å². The Kier molecular flexibility index (Phi) is 2.53. The van der Waals surface area contributed by atoms with Crippen LogP contribution in [0.3, 0.4) is 0 Å². The van der Waals surface area contributed by atoms with Crippen molar-refractivity contribution in [3.63, 3.8) is 0 Å². The Labute approximate surface area is 100 Å². The van der Waals surface area contributed by atoms with Crippen LogP contribution in [-0.2, 0) is 4.79 Å².